The lowest BCUT2D eigenvalue weighted by atomic mass is 10.3. The van der Waals surface area contributed by atoms with Gasteiger partial charge in [-0.3, -0.25) is 4.79 Å². The van der Waals surface area contributed by atoms with Gasteiger partial charge in [-0.15, -0.1) is 0 Å². The number of aromatic nitrogens is 1. The molecule has 1 aromatic heterocycles. The lowest BCUT2D eigenvalue weighted by Gasteiger charge is -2.33. The molecule has 90 valence electrons. The van der Waals surface area contributed by atoms with Crippen molar-refractivity contribution in [3.8, 4) is 0 Å². The number of rotatable bonds is 1. The third-order valence-corrected chi connectivity index (χ3v) is 2.64. The average molecular weight is 223 g/mol. The number of hydrogen-bond acceptors (Lipinski definition) is 3. The summed E-state index contributed by atoms with van der Waals surface area (Å²) in [7, 11) is 2.13. The summed E-state index contributed by atoms with van der Waals surface area (Å²) in [6, 6.07) is 3.46. The second-order valence-electron chi connectivity index (χ2n) is 3.70. The van der Waals surface area contributed by atoms with Crippen molar-refractivity contribution in [3.63, 3.8) is 0 Å². The van der Waals surface area contributed by atoms with Crippen molar-refractivity contribution in [2.45, 2.75) is 13.8 Å². The summed E-state index contributed by atoms with van der Waals surface area (Å²) in [6.07, 6.45) is 1.79. The zero-order valence-corrected chi connectivity index (χ0v) is 10.4. The molecule has 0 atom stereocenters. The van der Waals surface area contributed by atoms with Gasteiger partial charge in [-0.05, 0) is 13.1 Å². The molecule has 0 aromatic carbocycles. The number of pyridine rings is 1. The fourth-order valence-electron chi connectivity index (χ4n) is 1.66. The van der Waals surface area contributed by atoms with E-state index in [9.17, 15) is 4.79 Å². The molecule has 0 spiro atoms. The van der Waals surface area contributed by atoms with Crippen molar-refractivity contribution >= 4 is 5.69 Å². The average Bonchev–Trinajstić information content (AvgIpc) is 2.34. The number of likely N-dealkylation sites (N-methyl/N-ethyl adjacent to an activating group) is 1. The van der Waals surface area contributed by atoms with Gasteiger partial charge in [0, 0.05) is 38.4 Å². The Hall–Kier alpha value is -1.29. The van der Waals surface area contributed by atoms with Crippen LogP contribution in [0, 0.1) is 0 Å². The number of anilines is 1. The quantitative estimate of drug-likeness (QED) is 0.776. The second kappa shape index (κ2) is 6.33. The molecule has 0 aliphatic carbocycles. The maximum absolute atomic E-state index is 10.9. The van der Waals surface area contributed by atoms with Gasteiger partial charge in [0.15, 0.2) is 0 Å². The van der Waals surface area contributed by atoms with E-state index < -0.39 is 0 Å². The second-order valence-corrected chi connectivity index (χ2v) is 3.70. The number of hydrogen-bond donors (Lipinski definition) is 1. The maximum atomic E-state index is 10.9. The Morgan fingerprint density at radius 1 is 1.12 bits per heavy atom. The van der Waals surface area contributed by atoms with Crippen molar-refractivity contribution in [3.05, 3.63) is 28.7 Å². The summed E-state index contributed by atoms with van der Waals surface area (Å²) in [5.74, 6) is 0. The topological polar surface area (TPSA) is 39.3 Å². The molecule has 2 rings (SSSR count). The number of nitrogens with one attached hydrogen (secondary N) is 1. The highest BCUT2D eigenvalue weighted by molar-refractivity contribution is 5.43. The van der Waals surface area contributed by atoms with E-state index in [2.05, 4.69) is 21.8 Å². The van der Waals surface area contributed by atoms with Crippen LogP contribution < -0.4 is 10.5 Å². The smallest absolute Gasteiger partial charge is 0.248 e. The zero-order valence-electron chi connectivity index (χ0n) is 10.4. The van der Waals surface area contributed by atoms with Gasteiger partial charge in [-0.1, -0.05) is 13.8 Å². The summed E-state index contributed by atoms with van der Waals surface area (Å²) < 4.78 is 0. The van der Waals surface area contributed by atoms with Gasteiger partial charge in [-0.25, -0.2) is 0 Å². The molecule has 0 radical (unpaired) electrons. The van der Waals surface area contributed by atoms with Gasteiger partial charge in [0.05, 0.1) is 5.69 Å². The summed E-state index contributed by atoms with van der Waals surface area (Å²) in [6.45, 7) is 8.23. The Bertz CT molecular complexity index is 333. The fourth-order valence-corrected chi connectivity index (χ4v) is 1.66. The van der Waals surface area contributed by atoms with E-state index in [1.165, 1.54) is 0 Å². The molecule has 1 aromatic rings. The first-order valence-corrected chi connectivity index (χ1v) is 5.88. The molecule has 16 heavy (non-hydrogen) atoms. The Kier molecular flexibility index (Phi) is 5.05. The molecule has 1 aliphatic heterocycles. The van der Waals surface area contributed by atoms with Crippen LogP contribution in [0.5, 0.6) is 0 Å². The van der Waals surface area contributed by atoms with Crippen LogP contribution in [-0.2, 0) is 0 Å². The van der Waals surface area contributed by atoms with E-state index >= 15 is 0 Å². The molecule has 1 aliphatic rings. The SMILES string of the molecule is CC.CN1CCN(c2ccc(=O)[nH]c2)CC1. The molecule has 0 bridgehead atoms. The Labute approximate surface area is 96.9 Å². The van der Waals surface area contributed by atoms with Gasteiger partial charge in [-0.2, -0.15) is 0 Å². The molecule has 2 heterocycles. The predicted octanol–water partition coefficient (Wildman–Crippen LogP) is 1.15. The number of H-pyrrole nitrogens is 1. The zero-order chi connectivity index (χ0) is 12.0. The Morgan fingerprint density at radius 2 is 1.75 bits per heavy atom. The Balaban J connectivity index is 0.000000606. The Morgan fingerprint density at radius 3 is 2.25 bits per heavy atom. The van der Waals surface area contributed by atoms with Crippen molar-refractivity contribution in [2.24, 2.45) is 0 Å². The minimum absolute atomic E-state index is 0.0390. The molecule has 4 heteroatoms. The highest BCUT2D eigenvalue weighted by atomic mass is 16.1. The van der Waals surface area contributed by atoms with E-state index in [0.29, 0.717) is 0 Å². The minimum Gasteiger partial charge on any atom is -0.368 e. The van der Waals surface area contributed by atoms with Gasteiger partial charge < -0.3 is 14.8 Å². The lowest BCUT2D eigenvalue weighted by molar-refractivity contribution is 0.313. The largest absolute Gasteiger partial charge is 0.368 e. The van der Waals surface area contributed by atoms with Crippen molar-refractivity contribution < 1.29 is 0 Å². The summed E-state index contributed by atoms with van der Waals surface area (Å²) >= 11 is 0. The first-order chi connectivity index (χ1) is 7.75. The summed E-state index contributed by atoms with van der Waals surface area (Å²) in [4.78, 5) is 18.2. The lowest BCUT2D eigenvalue weighted by Crippen LogP contribution is -2.44. The van der Waals surface area contributed by atoms with Crippen molar-refractivity contribution in [1.29, 1.82) is 0 Å². The number of aromatic amines is 1. The van der Waals surface area contributed by atoms with E-state index in [0.717, 1.165) is 31.9 Å². The molecular formula is C12H21N3O. The van der Waals surface area contributed by atoms with Crippen LogP contribution in [0.4, 0.5) is 5.69 Å². The monoisotopic (exact) mass is 223 g/mol. The van der Waals surface area contributed by atoms with Crippen molar-refractivity contribution in [1.82, 2.24) is 9.88 Å². The van der Waals surface area contributed by atoms with Crippen LogP contribution in [0.2, 0.25) is 0 Å². The van der Waals surface area contributed by atoms with Crippen LogP contribution >= 0.6 is 0 Å². The van der Waals surface area contributed by atoms with Gasteiger partial charge in [0.25, 0.3) is 0 Å². The highest BCUT2D eigenvalue weighted by Crippen LogP contribution is 2.12. The van der Waals surface area contributed by atoms with E-state index in [4.69, 9.17) is 0 Å². The molecule has 1 fully saturated rings. The van der Waals surface area contributed by atoms with Crippen LogP contribution in [0.25, 0.3) is 0 Å². The van der Waals surface area contributed by atoms with Gasteiger partial charge in [0.2, 0.25) is 5.56 Å². The van der Waals surface area contributed by atoms with Crippen LogP contribution in [0.1, 0.15) is 13.8 Å². The van der Waals surface area contributed by atoms with Gasteiger partial charge >= 0.3 is 0 Å². The van der Waals surface area contributed by atoms with E-state index in [1.54, 1.807) is 12.3 Å². The van der Waals surface area contributed by atoms with Crippen LogP contribution in [0.3, 0.4) is 0 Å². The predicted molar refractivity (Wildman–Crippen MR) is 68.1 cm³/mol. The fraction of sp³-hybridized carbons (Fsp3) is 0.583. The van der Waals surface area contributed by atoms with E-state index in [1.807, 2.05) is 19.9 Å². The summed E-state index contributed by atoms with van der Waals surface area (Å²) in [5.41, 5.74) is 1.07. The first-order valence-electron chi connectivity index (χ1n) is 5.88. The molecule has 1 N–H and O–H groups in total. The molecule has 0 unspecified atom stereocenters. The molecule has 1 saturated heterocycles. The number of nitrogens with zero attached hydrogens (tertiary/aromatic N) is 2. The first kappa shape index (κ1) is 12.8. The minimum atomic E-state index is -0.0390. The van der Waals surface area contributed by atoms with Crippen LogP contribution in [0.15, 0.2) is 23.1 Å². The van der Waals surface area contributed by atoms with Crippen molar-refractivity contribution in [2.75, 3.05) is 38.1 Å². The van der Waals surface area contributed by atoms with E-state index in [-0.39, 0.29) is 5.56 Å². The third-order valence-electron chi connectivity index (χ3n) is 2.64. The van der Waals surface area contributed by atoms with Crippen LogP contribution in [-0.4, -0.2) is 43.1 Å². The summed E-state index contributed by atoms with van der Waals surface area (Å²) in [5, 5.41) is 0. The van der Waals surface area contributed by atoms with Gasteiger partial charge in [0.1, 0.15) is 0 Å². The highest BCUT2D eigenvalue weighted by Gasteiger charge is 2.13. The maximum Gasteiger partial charge on any atom is 0.248 e. The number of piperazine rings is 1. The molecule has 0 saturated carbocycles. The standard InChI is InChI=1S/C10H15N3O.C2H6/c1-12-4-6-13(7-5-12)9-2-3-10(14)11-8-9;1-2/h2-3,8H,4-7H2,1H3,(H,11,14);1-2H3. The molecule has 0 amide bonds. The molecular weight excluding hydrogens is 202 g/mol. The molecule has 4 nitrogen and oxygen atoms in total. The third kappa shape index (κ3) is 3.38. The normalized spacial score (nSPS) is 16.6.